The molecule has 0 bridgehead atoms. The van der Waals surface area contributed by atoms with Crippen LogP contribution in [0.1, 0.15) is 26.5 Å². The molecule has 3 heterocycles. The molecule has 0 spiro atoms. The van der Waals surface area contributed by atoms with Crippen molar-refractivity contribution in [1.82, 2.24) is 14.9 Å². The highest BCUT2D eigenvalue weighted by molar-refractivity contribution is 7.12. The highest BCUT2D eigenvalue weighted by Crippen LogP contribution is 2.31. The van der Waals surface area contributed by atoms with Gasteiger partial charge in [-0.2, -0.15) is 0 Å². The fourth-order valence-corrected chi connectivity index (χ4v) is 5.24. The van der Waals surface area contributed by atoms with Gasteiger partial charge >= 0.3 is 0 Å². The third-order valence-corrected chi connectivity index (χ3v) is 7.45. The van der Waals surface area contributed by atoms with Crippen molar-refractivity contribution in [3.05, 3.63) is 98.6 Å². The zero-order chi connectivity index (χ0) is 24.4. The Balaban J connectivity index is 1.49. The van der Waals surface area contributed by atoms with E-state index in [1.54, 1.807) is 12.1 Å². The van der Waals surface area contributed by atoms with Gasteiger partial charge in [0, 0.05) is 60.0 Å². The minimum Gasteiger partial charge on any atom is -0.353 e. The van der Waals surface area contributed by atoms with E-state index in [-0.39, 0.29) is 18.1 Å². The number of nitrogens with zero attached hydrogens (tertiary/aromatic N) is 4. The molecule has 35 heavy (non-hydrogen) atoms. The number of aryl methyl sites for hydroxylation is 1. The van der Waals surface area contributed by atoms with Crippen molar-refractivity contribution in [2.24, 2.45) is 0 Å². The Morgan fingerprint density at radius 3 is 2.43 bits per heavy atom. The van der Waals surface area contributed by atoms with Crippen molar-refractivity contribution >= 4 is 34.7 Å². The van der Waals surface area contributed by atoms with Gasteiger partial charge in [-0.15, -0.1) is 11.3 Å². The van der Waals surface area contributed by atoms with Gasteiger partial charge in [0.1, 0.15) is 11.6 Å². The zero-order valence-electron chi connectivity index (χ0n) is 19.2. The summed E-state index contributed by atoms with van der Waals surface area (Å²) in [5.41, 5.74) is 2.97. The molecule has 1 amide bonds. The van der Waals surface area contributed by atoms with Crippen LogP contribution < -0.4 is 4.90 Å². The highest BCUT2D eigenvalue weighted by Gasteiger charge is 2.27. The fourth-order valence-electron chi connectivity index (χ4n) is 4.32. The average molecular weight is 507 g/mol. The molecule has 1 aliphatic rings. The molecule has 4 aromatic rings. The Labute approximate surface area is 212 Å². The van der Waals surface area contributed by atoms with E-state index in [4.69, 9.17) is 21.6 Å². The van der Waals surface area contributed by atoms with Gasteiger partial charge < -0.3 is 9.80 Å². The van der Waals surface area contributed by atoms with Gasteiger partial charge in [-0.05, 0) is 30.5 Å². The number of anilines is 1. The Kier molecular flexibility index (Phi) is 6.79. The SMILES string of the molecule is Cc1nc(-c2ccccc2)nc(N2CCN(C(=O)c3cccs3)CC2)c1Cc1c(F)cccc1Cl. The van der Waals surface area contributed by atoms with Crippen molar-refractivity contribution in [2.45, 2.75) is 13.3 Å². The van der Waals surface area contributed by atoms with Gasteiger partial charge in [0.25, 0.3) is 5.91 Å². The van der Waals surface area contributed by atoms with Gasteiger partial charge in [0.15, 0.2) is 5.82 Å². The quantitative estimate of drug-likeness (QED) is 0.340. The Morgan fingerprint density at radius 2 is 1.74 bits per heavy atom. The first kappa shape index (κ1) is 23.5. The lowest BCUT2D eigenvalue weighted by atomic mass is 10.0. The largest absolute Gasteiger partial charge is 0.353 e. The smallest absolute Gasteiger partial charge is 0.264 e. The summed E-state index contributed by atoms with van der Waals surface area (Å²) in [4.78, 5) is 27.3. The van der Waals surface area contributed by atoms with E-state index in [9.17, 15) is 9.18 Å². The van der Waals surface area contributed by atoms with E-state index in [0.717, 1.165) is 27.5 Å². The van der Waals surface area contributed by atoms with Gasteiger partial charge in [-0.1, -0.05) is 54.1 Å². The minimum atomic E-state index is -0.346. The number of aromatic nitrogens is 2. The molecule has 1 fully saturated rings. The maximum atomic E-state index is 14.7. The first-order chi connectivity index (χ1) is 17.0. The second-order valence-electron chi connectivity index (χ2n) is 8.43. The molecule has 5 rings (SSSR count). The molecule has 2 aromatic heterocycles. The summed E-state index contributed by atoms with van der Waals surface area (Å²) in [5.74, 6) is 1.10. The summed E-state index contributed by atoms with van der Waals surface area (Å²) in [6.07, 6.45) is 0.288. The number of hydrogen-bond acceptors (Lipinski definition) is 5. The van der Waals surface area contributed by atoms with Gasteiger partial charge in [0.05, 0.1) is 4.88 Å². The summed E-state index contributed by atoms with van der Waals surface area (Å²) in [5, 5.41) is 2.30. The van der Waals surface area contributed by atoms with Crippen molar-refractivity contribution in [3.63, 3.8) is 0 Å². The number of piperazine rings is 1. The molecule has 8 heteroatoms. The molecule has 178 valence electrons. The van der Waals surface area contributed by atoms with Crippen LogP contribution in [0.3, 0.4) is 0 Å². The molecule has 0 unspecified atom stereocenters. The molecule has 5 nitrogen and oxygen atoms in total. The molecule has 0 N–H and O–H groups in total. The molecule has 0 aliphatic carbocycles. The fraction of sp³-hybridized carbons (Fsp3) is 0.222. The van der Waals surface area contributed by atoms with Crippen molar-refractivity contribution in [2.75, 3.05) is 31.1 Å². The summed E-state index contributed by atoms with van der Waals surface area (Å²) in [7, 11) is 0. The van der Waals surface area contributed by atoms with Crippen molar-refractivity contribution < 1.29 is 9.18 Å². The number of thiophene rings is 1. The topological polar surface area (TPSA) is 49.3 Å². The van der Waals surface area contributed by atoms with E-state index in [0.29, 0.717) is 42.6 Å². The average Bonchev–Trinajstić information content (AvgIpc) is 3.42. The zero-order valence-corrected chi connectivity index (χ0v) is 20.8. The van der Waals surface area contributed by atoms with Crippen LogP contribution in [0.25, 0.3) is 11.4 Å². The highest BCUT2D eigenvalue weighted by atomic mass is 35.5. The van der Waals surface area contributed by atoms with Crippen LogP contribution in [-0.2, 0) is 6.42 Å². The summed E-state index contributed by atoms with van der Waals surface area (Å²) in [6, 6.07) is 18.3. The van der Waals surface area contributed by atoms with Crippen LogP contribution >= 0.6 is 22.9 Å². The predicted octanol–water partition coefficient (Wildman–Crippen LogP) is 5.86. The number of rotatable bonds is 5. The standard InChI is InChI=1S/C27H24ClFN4OS/c1-18-20(17-21-22(28)9-5-10-23(21)29)26(31-25(30-18)19-7-3-2-4-8-19)32-12-14-33(15-13-32)27(34)24-11-6-16-35-24/h2-11,16H,12-15,17H2,1H3. The Bertz CT molecular complexity index is 1320. The molecular formula is C27H24ClFN4OS. The summed E-state index contributed by atoms with van der Waals surface area (Å²) in [6.45, 7) is 4.35. The maximum absolute atomic E-state index is 14.7. The van der Waals surface area contributed by atoms with Crippen LogP contribution in [0.4, 0.5) is 10.2 Å². The van der Waals surface area contributed by atoms with E-state index < -0.39 is 0 Å². The molecule has 0 saturated carbocycles. The third-order valence-electron chi connectivity index (χ3n) is 6.24. The number of benzene rings is 2. The van der Waals surface area contributed by atoms with E-state index in [1.807, 2.05) is 59.7 Å². The number of halogens is 2. The first-order valence-electron chi connectivity index (χ1n) is 11.4. The molecule has 1 aliphatic heterocycles. The van der Waals surface area contributed by atoms with E-state index in [1.165, 1.54) is 17.4 Å². The Morgan fingerprint density at radius 1 is 0.971 bits per heavy atom. The third kappa shape index (κ3) is 4.92. The molecule has 0 atom stereocenters. The van der Waals surface area contributed by atoms with E-state index >= 15 is 0 Å². The lowest BCUT2D eigenvalue weighted by Crippen LogP contribution is -2.49. The summed E-state index contributed by atoms with van der Waals surface area (Å²) >= 11 is 7.82. The minimum absolute atomic E-state index is 0.0573. The number of carbonyl (C=O) groups excluding carboxylic acids is 1. The van der Waals surface area contributed by atoms with Crippen molar-refractivity contribution in [3.8, 4) is 11.4 Å². The normalized spacial score (nSPS) is 13.8. The number of carbonyl (C=O) groups is 1. The Hall–Kier alpha value is -3.29. The molecular weight excluding hydrogens is 483 g/mol. The number of amides is 1. The van der Waals surface area contributed by atoms with Crippen LogP contribution in [-0.4, -0.2) is 47.0 Å². The second-order valence-corrected chi connectivity index (χ2v) is 9.79. The molecule has 1 saturated heterocycles. The van der Waals surface area contributed by atoms with Gasteiger partial charge in [-0.25, -0.2) is 14.4 Å². The summed E-state index contributed by atoms with van der Waals surface area (Å²) < 4.78 is 14.7. The lowest BCUT2D eigenvalue weighted by molar-refractivity contribution is 0.0751. The second kappa shape index (κ2) is 10.1. The van der Waals surface area contributed by atoms with Crippen LogP contribution in [0.5, 0.6) is 0 Å². The van der Waals surface area contributed by atoms with E-state index in [2.05, 4.69) is 4.90 Å². The predicted molar refractivity (Wildman–Crippen MR) is 139 cm³/mol. The van der Waals surface area contributed by atoms with Gasteiger partial charge in [0.2, 0.25) is 0 Å². The first-order valence-corrected chi connectivity index (χ1v) is 12.7. The van der Waals surface area contributed by atoms with Crippen LogP contribution in [0.15, 0.2) is 66.0 Å². The van der Waals surface area contributed by atoms with Crippen molar-refractivity contribution in [1.29, 1.82) is 0 Å². The van der Waals surface area contributed by atoms with Crippen LogP contribution in [0, 0.1) is 12.7 Å². The number of hydrogen-bond donors (Lipinski definition) is 0. The van der Waals surface area contributed by atoms with Crippen LogP contribution in [0.2, 0.25) is 5.02 Å². The maximum Gasteiger partial charge on any atom is 0.264 e. The lowest BCUT2D eigenvalue weighted by Gasteiger charge is -2.36. The monoisotopic (exact) mass is 506 g/mol. The molecule has 2 aromatic carbocycles. The molecule has 0 radical (unpaired) electrons. The van der Waals surface area contributed by atoms with Gasteiger partial charge in [-0.3, -0.25) is 4.79 Å².